The Bertz CT molecular complexity index is 414. The zero-order chi connectivity index (χ0) is 15.1. The first-order chi connectivity index (χ1) is 9.39. The molecule has 0 aromatic heterocycles. The first kappa shape index (κ1) is 15.2. The van der Waals surface area contributed by atoms with Crippen molar-refractivity contribution < 1.29 is 28.5 Å². The summed E-state index contributed by atoms with van der Waals surface area (Å²) in [4.78, 5) is 24.4. The minimum Gasteiger partial charge on any atom is -0.459 e. The fraction of sp³-hybridized carbons (Fsp3) is 0.846. The maximum Gasteiger partial charge on any atom is 0.303 e. The van der Waals surface area contributed by atoms with Gasteiger partial charge in [-0.1, -0.05) is 0 Å². The smallest absolute Gasteiger partial charge is 0.303 e. The molecule has 2 aliphatic rings. The molecule has 20 heavy (non-hydrogen) atoms. The molecule has 0 bridgehead atoms. The highest BCUT2D eigenvalue weighted by atomic mass is 16.7. The number of carbonyl (C=O) groups excluding carboxylic acids is 2. The van der Waals surface area contributed by atoms with Gasteiger partial charge in [0.25, 0.3) is 0 Å². The Balaban J connectivity index is 2.23. The molecule has 5 unspecified atom stereocenters. The second-order valence-corrected chi connectivity index (χ2v) is 5.29. The van der Waals surface area contributed by atoms with Crippen LogP contribution in [0.5, 0.6) is 0 Å². The molecule has 1 aliphatic carbocycles. The van der Waals surface area contributed by atoms with Gasteiger partial charge in [0.15, 0.2) is 6.29 Å². The number of hydrogen-bond donors (Lipinski definition) is 0. The zero-order valence-electron chi connectivity index (χ0n) is 12.4. The van der Waals surface area contributed by atoms with Gasteiger partial charge in [0.1, 0.15) is 11.7 Å². The lowest BCUT2D eigenvalue weighted by molar-refractivity contribution is -0.193. The highest BCUT2D eigenvalue weighted by Gasteiger charge is 2.79. The highest BCUT2D eigenvalue weighted by molar-refractivity contribution is 5.73. The van der Waals surface area contributed by atoms with Crippen LogP contribution < -0.4 is 0 Å². The van der Waals surface area contributed by atoms with E-state index in [1.54, 1.807) is 19.1 Å². The Morgan fingerprint density at radius 3 is 2.40 bits per heavy atom. The van der Waals surface area contributed by atoms with E-state index in [2.05, 4.69) is 0 Å². The van der Waals surface area contributed by atoms with Crippen LogP contribution in [0.1, 0.15) is 13.8 Å². The summed E-state index contributed by atoms with van der Waals surface area (Å²) < 4.78 is 21.7. The fourth-order valence-corrected chi connectivity index (χ4v) is 3.09. The molecule has 7 heteroatoms. The van der Waals surface area contributed by atoms with Gasteiger partial charge in [-0.15, -0.1) is 0 Å². The SMILES string of the molecule is COCC12OC(OC)C(N(C)C(C)=O)C1C2OC(C)=O. The fourth-order valence-electron chi connectivity index (χ4n) is 3.09. The van der Waals surface area contributed by atoms with Crippen LogP contribution in [0.3, 0.4) is 0 Å². The van der Waals surface area contributed by atoms with Crippen molar-refractivity contribution >= 4 is 11.9 Å². The van der Waals surface area contributed by atoms with Crippen LogP contribution in [-0.4, -0.2) is 68.7 Å². The van der Waals surface area contributed by atoms with Gasteiger partial charge in [0.2, 0.25) is 5.91 Å². The summed E-state index contributed by atoms with van der Waals surface area (Å²) in [5.41, 5.74) is -0.713. The second-order valence-electron chi connectivity index (χ2n) is 5.29. The van der Waals surface area contributed by atoms with Gasteiger partial charge < -0.3 is 23.8 Å². The van der Waals surface area contributed by atoms with Gasteiger partial charge in [-0.25, -0.2) is 0 Å². The monoisotopic (exact) mass is 287 g/mol. The summed E-state index contributed by atoms with van der Waals surface area (Å²) in [6.45, 7) is 3.12. The minimum atomic E-state index is -0.713. The molecule has 1 saturated carbocycles. The van der Waals surface area contributed by atoms with Gasteiger partial charge in [0, 0.05) is 35.1 Å². The average Bonchev–Trinajstić information content (AvgIpc) is 2.81. The summed E-state index contributed by atoms with van der Waals surface area (Å²) in [6.07, 6.45) is -0.950. The second kappa shape index (κ2) is 5.31. The minimum absolute atomic E-state index is 0.0951. The van der Waals surface area contributed by atoms with Crippen molar-refractivity contribution in [3.63, 3.8) is 0 Å². The maximum atomic E-state index is 11.6. The number of methoxy groups -OCH3 is 2. The molecule has 114 valence electrons. The van der Waals surface area contributed by atoms with E-state index in [1.807, 2.05) is 0 Å². The number of likely N-dealkylation sites (N-methyl/N-ethyl adjacent to an activating group) is 1. The van der Waals surface area contributed by atoms with E-state index in [1.165, 1.54) is 21.0 Å². The number of ether oxygens (including phenoxy) is 4. The lowest BCUT2D eigenvalue weighted by Crippen LogP contribution is -2.46. The number of nitrogens with zero attached hydrogens (tertiary/aromatic N) is 1. The number of amides is 1. The van der Waals surface area contributed by atoms with Gasteiger partial charge in [-0.2, -0.15) is 0 Å². The van der Waals surface area contributed by atoms with Crippen molar-refractivity contribution in [2.24, 2.45) is 5.92 Å². The van der Waals surface area contributed by atoms with Crippen molar-refractivity contribution in [1.82, 2.24) is 4.90 Å². The molecule has 0 aromatic carbocycles. The molecule has 1 heterocycles. The molecule has 2 fully saturated rings. The first-order valence-corrected chi connectivity index (χ1v) is 6.49. The number of fused-ring (bicyclic) bond motifs is 1. The molecule has 1 aliphatic heterocycles. The van der Waals surface area contributed by atoms with Crippen LogP contribution >= 0.6 is 0 Å². The number of carbonyl (C=O) groups is 2. The predicted octanol–water partition coefficient (Wildman–Crippen LogP) is -0.217. The van der Waals surface area contributed by atoms with Crippen LogP contribution in [0, 0.1) is 5.92 Å². The zero-order valence-corrected chi connectivity index (χ0v) is 12.4. The van der Waals surface area contributed by atoms with Crippen molar-refractivity contribution in [2.75, 3.05) is 27.9 Å². The standard InChI is InChI=1S/C13H21NO6/c1-7(15)14(3)10-9-11(19-8(2)16)13(9,6-17-4)20-12(10)18-5/h9-12H,6H2,1-5H3. The van der Waals surface area contributed by atoms with E-state index in [0.717, 1.165) is 0 Å². The Labute approximate surface area is 118 Å². The molecule has 0 N–H and O–H groups in total. The summed E-state index contributed by atoms with van der Waals surface area (Å²) in [7, 11) is 4.77. The summed E-state index contributed by atoms with van der Waals surface area (Å²) in [5.74, 6) is -0.603. The Hall–Kier alpha value is -1.18. The quantitative estimate of drug-likeness (QED) is 0.651. The average molecular weight is 287 g/mol. The van der Waals surface area contributed by atoms with Crippen LogP contribution in [0.25, 0.3) is 0 Å². The third-order valence-corrected chi connectivity index (χ3v) is 4.08. The molecule has 7 nitrogen and oxygen atoms in total. The van der Waals surface area contributed by atoms with Crippen LogP contribution in [0.15, 0.2) is 0 Å². The van der Waals surface area contributed by atoms with E-state index < -0.39 is 18.0 Å². The maximum absolute atomic E-state index is 11.6. The van der Waals surface area contributed by atoms with Crippen molar-refractivity contribution in [1.29, 1.82) is 0 Å². The van der Waals surface area contributed by atoms with Crippen molar-refractivity contribution in [3.8, 4) is 0 Å². The summed E-state index contributed by atoms with van der Waals surface area (Å²) in [6, 6.07) is -0.294. The molecule has 0 radical (unpaired) electrons. The molecule has 2 rings (SSSR count). The normalized spacial score (nSPS) is 38.2. The topological polar surface area (TPSA) is 74.3 Å². The van der Waals surface area contributed by atoms with E-state index in [0.29, 0.717) is 0 Å². The number of hydrogen-bond acceptors (Lipinski definition) is 6. The Kier molecular flexibility index (Phi) is 4.04. The van der Waals surface area contributed by atoms with Crippen LogP contribution in [0.2, 0.25) is 0 Å². The van der Waals surface area contributed by atoms with Crippen LogP contribution in [-0.2, 0) is 28.5 Å². The van der Waals surface area contributed by atoms with Gasteiger partial charge >= 0.3 is 5.97 Å². The van der Waals surface area contributed by atoms with E-state index >= 15 is 0 Å². The predicted molar refractivity (Wildman–Crippen MR) is 67.8 cm³/mol. The first-order valence-electron chi connectivity index (χ1n) is 6.49. The van der Waals surface area contributed by atoms with Crippen LogP contribution in [0.4, 0.5) is 0 Å². The number of esters is 1. The third-order valence-electron chi connectivity index (χ3n) is 4.08. The summed E-state index contributed by atoms with van der Waals surface area (Å²) in [5, 5.41) is 0. The van der Waals surface area contributed by atoms with Crippen molar-refractivity contribution in [2.45, 2.75) is 37.9 Å². The molecular weight excluding hydrogens is 266 g/mol. The van der Waals surface area contributed by atoms with E-state index in [-0.39, 0.29) is 30.4 Å². The van der Waals surface area contributed by atoms with E-state index in [4.69, 9.17) is 18.9 Å². The van der Waals surface area contributed by atoms with Gasteiger partial charge in [0.05, 0.1) is 18.6 Å². The molecule has 1 saturated heterocycles. The molecule has 1 amide bonds. The van der Waals surface area contributed by atoms with Crippen molar-refractivity contribution in [3.05, 3.63) is 0 Å². The van der Waals surface area contributed by atoms with E-state index in [9.17, 15) is 9.59 Å². The third kappa shape index (κ3) is 2.19. The number of rotatable bonds is 5. The molecular formula is C13H21NO6. The molecule has 0 aromatic rings. The lowest BCUT2D eigenvalue weighted by atomic mass is 10.1. The van der Waals surface area contributed by atoms with Gasteiger partial charge in [-0.3, -0.25) is 9.59 Å². The lowest BCUT2D eigenvalue weighted by Gasteiger charge is -2.30. The molecule has 5 atom stereocenters. The highest BCUT2D eigenvalue weighted by Crippen LogP contribution is 2.59. The Morgan fingerprint density at radius 1 is 1.30 bits per heavy atom. The van der Waals surface area contributed by atoms with Gasteiger partial charge in [-0.05, 0) is 0 Å². The summed E-state index contributed by atoms with van der Waals surface area (Å²) >= 11 is 0. The largest absolute Gasteiger partial charge is 0.459 e. The molecule has 0 spiro atoms. The Morgan fingerprint density at radius 2 is 1.95 bits per heavy atom.